The number of aryl methyl sites for hydroxylation is 1. The second-order valence-corrected chi connectivity index (χ2v) is 9.82. The lowest BCUT2D eigenvalue weighted by Gasteiger charge is -2.21. The molecule has 0 amide bonds. The number of fused-ring (bicyclic) bond motifs is 1. The Kier molecular flexibility index (Phi) is 4.26. The van der Waals surface area contributed by atoms with Gasteiger partial charge in [-0.3, -0.25) is 0 Å². The number of aromatic nitrogens is 1. The van der Waals surface area contributed by atoms with Crippen molar-refractivity contribution < 1.29 is 8.42 Å². The Balaban J connectivity index is 1.55. The first kappa shape index (κ1) is 16.3. The van der Waals surface area contributed by atoms with Gasteiger partial charge in [-0.25, -0.2) is 13.4 Å². The van der Waals surface area contributed by atoms with Gasteiger partial charge in [-0.05, 0) is 37.3 Å². The van der Waals surface area contributed by atoms with Gasteiger partial charge < -0.3 is 4.90 Å². The van der Waals surface area contributed by atoms with Gasteiger partial charge in [-0.2, -0.15) is 4.31 Å². The third kappa shape index (κ3) is 2.93. The lowest BCUT2D eigenvalue weighted by molar-refractivity contribution is 0.432. The summed E-state index contributed by atoms with van der Waals surface area (Å²) in [5.41, 5.74) is 2.38. The Morgan fingerprint density at radius 3 is 2.79 bits per heavy atom. The van der Waals surface area contributed by atoms with Crippen molar-refractivity contribution in [1.29, 1.82) is 0 Å². The highest BCUT2D eigenvalue weighted by Crippen LogP contribution is 2.33. The number of sulfonamides is 1. The summed E-state index contributed by atoms with van der Waals surface area (Å²) in [6, 6.07) is 6.35. The van der Waals surface area contributed by atoms with Crippen LogP contribution in [0.1, 0.15) is 31.7 Å². The Morgan fingerprint density at radius 2 is 2.04 bits per heavy atom. The summed E-state index contributed by atoms with van der Waals surface area (Å²) in [6.45, 7) is 4.97. The fourth-order valence-corrected chi connectivity index (χ4v) is 6.27. The largest absolute Gasteiger partial charge is 0.347 e. The molecule has 0 atom stereocenters. The van der Waals surface area contributed by atoms with Crippen LogP contribution >= 0.6 is 11.3 Å². The van der Waals surface area contributed by atoms with Gasteiger partial charge >= 0.3 is 0 Å². The van der Waals surface area contributed by atoms with Crippen molar-refractivity contribution in [1.82, 2.24) is 9.29 Å². The molecule has 1 aliphatic heterocycles. The zero-order chi connectivity index (χ0) is 16.7. The highest BCUT2D eigenvalue weighted by Gasteiger charge is 2.40. The summed E-state index contributed by atoms with van der Waals surface area (Å²) < 4.78 is 27.8. The highest BCUT2D eigenvalue weighted by molar-refractivity contribution is 7.90. The van der Waals surface area contributed by atoms with E-state index in [9.17, 15) is 8.42 Å². The van der Waals surface area contributed by atoms with Crippen molar-refractivity contribution in [3.8, 4) is 0 Å². The minimum absolute atomic E-state index is 0.112. The Hall–Kier alpha value is -1.18. The predicted octanol–water partition coefficient (Wildman–Crippen LogP) is 2.86. The number of rotatable bonds is 4. The number of nitrogens with zero attached hydrogens (tertiary/aromatic N) is 3. The van der Waals surface area contributed by atoms with Crippen LogP contribution in [0.5, 0.6) is 0 Å². The summed E-state index contributed by atoms with van der Waals surface area (Å²) in [6.07, 6.45) is 3.51. The molecule has 0 N–H and O–H groups in total. The molecule has 1 aromatic carbocycles. The topological polar surface area (TPSA) is 53.5 Å². The average Bonchev–Trinajstić information content (AvgIpc) is 3.38. The third-order valence-electron chi connectivity index (χ3n) is 4.90. The standard InChI is InChI=1S/C17H23N3O2S2/c1-2-13-5-3-6-15-16(13)18-17(23-15)19-9-4-10-20(12-11-19)24(21,22)14-7-8-14/h3,5-6,14H,2,4,7-12H2,1H3. The van der Waals surface area contributed by atoms with Crippen LogP contribution in [-0.2, 0) is 16.4 Å². The molecular formula is C17H23N3O2S2. The van der Waals surface area contributed by atoms with Gasteiger partial charge in [0, 0.05) is 26.2 Å². The molecule has 5 nitrogen and oxygen atoms in total. The quantitative estimate of drug-likeness (QED) is 0.836. The zero-order valence-electron chi connectivity index (χ0n) is 13.9. The van der Waals surface area contributed by atoms with Gasteiger partial charge in [0.15, 0.2) is 5.13 Å². The average molecular weight is 366 g/mol. The predicted molar refractivity (Wildman–Crippen MR) is 99.3 cm³/mol. The molecule has 2 aliphatic rings. The van der Waals surface area contributed by atoms with Crippen molar-refractivity contribution in [3.05, 3.63) is 23.8 Å². The molecule has 0 bridgehead atoms. The number of benzene rings is 1. The van der Waals surface area contributed by atoms with Gasteiger partial charge in [-0.15, -0.1) is 0 Å². The van der Waals surface area contributed by atoms with Crippen molar-refractivity contribution in [2.45, 2.75) is 37.9 Å². The van der Waals surface area contributed by atoms with E-state index in [2.05, 4.69) is 30.0 Å². The number of para-hydroxylation sites is 1. The molecule has 2 fully saturated rings. The van der Waals surface area contributed by atoms with E-state index in [0.717, 1.165) is 49.4 Å². The lowest BCUT2D eigenvalue weighted by atomic mass is 10.1. The van der Waals surface area contributed by atoms with Crippen LogP contribution in [-0.4, -0.2) is 49.1 Å². The first-order chi connectivity index (χ1) is 11.6. The van der Waals surface area contributed by atoms with Crippen LogP contribution in [0.25, 0.3) is 10.2 Å². The van der Waals surface area contributed by atoms with E-state index >= 15 is 0 Å². The molecule has 2 heterocycles. The molecule has 0 radical (unpaired) electrons. The fraction of sp³-hybridized carbons (Fsp3) is 0.588. The normalized spacial score (nSPS) is 20.5. The van der Waals surface area contributed by atoms with Crippen molar-refractivity contribution in [2.24, 2.45) is 0 Å². The van der Waals surface area contributed by atoms with Gasteiger partial charge in [0.1, 0.15) is 0 Å². The maximum absolute atomic E-state index is 12.5. The maximum atomic E-state index is 12.5. The third-order valence-corrected chi connectivity index (χ3v) is 8.38. The van der Waals surface area contributed by atoms with E-state index in [-0.39, 0.29) is 5.25 Å². The first-order valence-corrected chi connectivity index (χ1v) is 11.0. The number of thiazole rings is 1. The van der Waals surface area contributed by atoms with Crippen molar-refractivity contribution >= 4 is 36.7 Å². The molecule has 7 heteroatoms. The van der Waals surface area contributed by atoms with Crippen LogP contribution < -0.4 is 4.90 Å². The summed E-state index contributed by atoms with van der Waals surface area (Å²) in [4.78, 5) is 7.12. The molecule has 1 saturated carbocycles. The maximum Gasteiger partial charge on any atom is 0.217 e. The van der Waals surface area contributed by atoms with E-state index < -0.39 is 10.0 Å². The number of hydrogen-bond acceptors (Lipinski definition) is 5. The molecule has 130 valence electrons. The van der Waals surface area contributed by atoms with E-state index in [1.54, 1.807) is 15.6 Å². The Labute approximate surface area is 147 Å². The molecular weight excluding hydrogens is 342 g/mol. The van der Waals surface area contributed by atoms with E-state index in [4.69, 9.17) is 4.98 Å². The SMILES string of the molecule is CCc1cccc2sc(N3CCCN(S(=O)(=O)C4CC4)CC3)nc12. The van der Waals surface area contributed by atoms with E-state index in [1.165, 1.54) is 10.3 Å². The summed E-state index contributed by atoms with van der Waals surface area (Å²) >= 11 is 1.72. The second-order valence-electron chi connectivity index (χ2n) is 6.60. The van der Waals surface area contributed by atoms with Gasteiger partial charge in [-0.1, -0.05) is 30.4 Å². The summed E-state index contributed by atoms with van der Waals surface area (Å²) in [7, 11) is -3.06. The van der Waals surface area contributed by atoms with E-state index in [0.29, 0.717) is 13.1 Å². The minimum Gasteiger partial charge on any atom is -0.347 e. The molecule has 0 unspecified atom stereocenters. The molecule has 24 heavy (non-hydrogen) atoms. The van der Waals surface area contributed by atoms with Crippen LogP contribution in [0.4, 0.5) is 5.13 Å². The Bertz CT molecular complexity index is 843. The lowest BCUT2D eigenvalue weighted by Crippen LogP contribution is -2.37. The monoisotopic (exact) mass is 365 g/mol. The van der Waals surface area contributed by atoms with Crippen LogP contribution in [0.15, 0.2) is 18.2 Å². The van der Waals surface area contributed by atoms with Crippen LogP contribution in [0.2, 0.25) is 0 Å². The van der Waals surface area contributed by atoms with Crippen molar-refractivity contribution in [2.75, 3.05) is 31.1 Å². The molecule has 2 aromatic rings. The Morgan fingerprint density at radius 1 is 1.21 bits per heavy atom. The molecule has 4 rings (SSSR count). The first-order valence-electron chi connectivity index (χ1n) is 8.72. The van der Waals surface area contributed by atoms with Crippen LogP contribution in [0.3, 0.4) is 0 Å². The van der Waals surface area contributed by atoms with Gasteiger partial charge in [0.05, 0.1) is 15.5 Å². The number of anilines is 1. The van der Waals surface area contributed by atoms with Gasteiger partial charge in [0.2, 0.25) is 10.0 Å². The molecule has 0 spiro atoms. The van der Waals surface area contributed by atoms with Crippen LogP contribution in [0, 0.1) is 0 Å². The smallest absolute Gasteiger partial charge is 0.217 e. The molecule has 1 aromatic heterocycles. The highest BCUT2D eigenvalue weighted by atomic mass is 32.2. The van der Waals surface area contributed by atoms with Gasteiger partial charge in [0.25, 0.3) is 0 Å². The summed E-state index contributed by atoms with van der Waals surface area (Å²) in [5.74, 6) is 0. The summed E-state index contributed by atoms with van der Waals surface area (Å²) in [5, 5.41) is 0.912. The molecule has 1 saturated heterocycles. The van der Waals surface area contributed by atoms with Crippen molar-refractivity contribution in [3.63, 3.8) is 0 Å². The fourth-order valence-electron chi connectivity index (χ4n) is 3.33. The molecule has 1 aliphatic carbocycles. The number of hydrogen-bond donors (Lipinski definition) is 0. The minimum atomic E-state index is -3.06. The van der Waals surface area contributed by atoms with E-state index in [1.807, 2.05) is 0 Å². The second kappa shape index (κ2) is 6.28. The zero-order valence-corrected chi connectivity index (χ0v) is 15.6.